The van der Waals surface area contributed by atoms with Gasteiger partial charge in [-0.1, -0.05) is 32.6 Å². The molecule has 0 saturated carbocycles. The summed E-state index contributed by atoms with van der Waals surface area (Å²) in [4.78, 5) is 10.7. The molecule has 0 spiro atoms. The zero-order chi connectivity index (χ0) is 10.4. The Balaban J connectivity index is 2.08. The summed E-state index contributed by atoms with van der Waals surface area (Å²) in [5, 5.41) is 0. The molecule has 0 aromatic heterocycles. The normalized spacial score (nSPS) is 26.0. The molecule has 0 N–H and O–H groups in total. The molecule has 82 valence electrons. The molecule has 0 aliphatic carbocycles. The standard InChI is InChI=1S/C11H20O3/c1-3-4-5-6-7-8-11(2)9-13-10(12)14-11/h3-9H2,1-2H3. The van der Waals surface area contributed by atoms with Gasteiger partial charge in [0.2, 0.25) is 0 Å². The van der Waals surface area contributed by atoms with Crippen LogP contribution in [0.2, 0.25) is 0 Å². The summed E-state index contributed by atoms with van der Waals surface area (Å²) in [5.74, 6) is 0. The Morgan fingerprint density at radius 2 is 2.00 bits per heavy atom. The molecule has 0 bridgehead atoms. The zero-order valence-electron chi connectivity index (χ0n) is 9.17. The summed E-state index contributed by atoms with van der Waals surface area (Å²) < 4.78 is 9.88. The summed E-state index contributed by atoms with van der Waals surface area (Å²) in [7, 11) is 0. The van der Waals surface area contributed by atoms with Gasteiger partial charge in [-0.3, -0.25) is 0 Å². The predicted octanol–water partition coefficient (Wildman–Crippen LogP) is 3.27. The minimum absolute atomic E-state index is 0.358. The molecule has 3 nitrogen and oxygen atoms in total. The molecule has 1 saturated heterocycles. The minimum Gasteiger partial charge on any atom is -0.430 e. The molecule has 0 amide bonds. The van der Waals surface area contributed by atoms with Crippen LogP contribution in [0.15, 0.2) is 0 Å². The third kappa shape index (κ3) is 3.56. The first-order chi connectivity index (χ1) is 6.66. The van der Waals surface area contributed by atoms with Gasteiger partial charge in [0.1, 0.15) is 12.2 Å². The van der Waals surface area contributed by atoms with Crippen LogP contribution in [0.25, 0.3) is 0 Å². The smallest absolute Gasteiger partial charge is 0.430 e. The average molecular weight is 200 g/mol. The highest BCUT2D eigenvalue weighted by Crippen LogP contribution is 2.25. The summed E-state index contributed by atoms with van der Waals surface area (Å²) in [6.45, 7) is 4.56. The molecule has 1 aliphatic rings. The van der Waals surface area contributed by atoms with Gasteiger partial charge < -0.3 is 9.47 Å². The van der Waals surface area contributed by atoms with Crippen molar-refractivity contribution in [1.82, 2.24) is 0 Å². The highest BCUT2D eigenvalue weighted by molar-refractivity contribution is 5.62. The van der Waals surface area contributed by atoms with Crippen molar-refractivity contribution < 1.29 is 14.3 Å². The second kappa shape index (κ2) is 5.23. The highest BCUT2D eigenvalue weighted by atomic mass is 16.8. The lowest BCUT2D eigenvalue weighted by molar-refractivity contribution is 0.0624. The summed E-state index contributed by atoms with van der Waals surface area (Å²) in [5.41, 5.74) is -0.358. The summed E-state index contributed by atoms with van der Waals surface area (Å²) in [6.07, 6.45) is 6.58. The number of unbranched alkanes of at least 4 members (excludes halogenated alkanes) is 4. The van der Waals surface area contributed by atoms with Crippen LogP contribution >= 0.6 is 0 Å². The van der Waals surface area contributed by atoms with Crippen molar-refractivity contribution in [3.05, 3.63) is 0 Å². The van der Waals surface area contributed by atoms with E-state index in [1.807, 2.05) is 6.92 Å². The van der Waals surface area contributed by atoms with Crippen LogP contribution in [0.3, 0.4) is 0 Å². The van der Waals surface area contributed by atoms with E-state index in [4.69, 9.17) is 9.47 Å². The van der Waals surface area contributed by atoms with Crippen molar-refractivity contribution in [2.45, 2.75) is 58.0 Å². The molecule has 0 aromatic rings. The molecular formula is C11H20O3. The lowest BCUT2D eigenvalue weighted by atomic mass is 9.99. The molecule has 0 radical (unpaired) electrons. The van der Waals surface area contributed by atoms with Gasteiger partial charge in [-0.2, -0.15) is 0 Å². The van der Waals surface area contributed by atoms with E-state index >= 15 is 0 Å². The van der Waals surface area contributed by atoms with E-state index < -0.39 is 6.16 Å². The molecule has 1 atom stereocenters. The van der Waals surface area contributed by atoms with Crippen molar-refractivity contribution in [1.29, 1.82) is 0 Å². The molecule has 1 unspecified atom stereocenters. The molecule has 0 aromatic carbocycles. The van der Waals surface area contributed by atoms with Crippen molar-refractivity contribution in [3.8, 4) is 0 Å². The van der Waals surface area contributed by atoms with Crippen molar-refractivity contribution >= 4 is 6.16 Å². The van der Waals surface area contributed by atoms with Crippen molar-refractivity contribution in [3.63, 3.8) is 0 Å². The predicted molar refractivity (Wildman–Crippen MR) is 54.2 cm³/mol. The first-order valence-corrected chi connectivity index (χ1v) is 5.52. The number of cyclic esters (lactones) is 2. The van der Waals surface area contributed by atoms with E-state index in [-0.39, 0.29) is 5.60 Å². The van der Waals surface area contributed by atoms with Gasteiger partial charge in [-0.25, -0.2) is 4.79 Å². The topological polar surface area (TPSA) is 35.5 Å². The Labute approximate surface area is 85.8 Å². The monoisotopic (exact) mass is 200 g/mol. The third-order valence-corrected chi connectivity index (χ3v) is 2.63. The van der Waals surface area contributed by atoms with E-state index in [9.17, 15) is 4.79 Å². The maximum absolute atomic E-state index is 10.7. The van der Waals surface area contributed by atoms with Crippen molar-refractivity contribution in [2.24, 2.45) is 0 Å². The van der Waals surface area contributed by atoms with E-state index in [2.05, 4.69) is 6.92 Å². The third-order valence-electron chi connectivity index (χ3n) is 2.63. The molecule has 1 heterocycles. The van der Waals surface area contributed by atoms with Gasteiger partial charge in [-0.05, 0) is 19.8 Å². The lowest BCUT2D eigenvalue weighted by Gasteiger charge is -2.18. The van der Waals surface area contributed by atoms with Gasteiger partial charge in [0.25, 0.3) is 0 Å². The summed E-state index contributed by atoms with van der Waals surface area (Å²) in [6, 6.07) is 0. The number of hydrogen-bond acceptors (Lipinski definition) is 3. The fourth-order valence-corrected chi connectivity index (χ4v) is 1.70. The average Bonchev–Trinajstić information content (AvgIpc) is 2.47. The zero-order valence-corrected chi connectivity index (χ0v) is 9.17. The second-order valence-corrected chi connectivity index (χ2v) is 4.25. The van der Waals surface area contributed by atoms with E-state index in [0.29, 0.717) is 6.61 Å². The fraction of sp³-hybridized carbons (Fsp3) is 0.909. The minimum atomic E-state index is -0.513. The largest absolute Gasteiger partial charge is 0.509 e. The lowest BCUT2D eigenvalue weighted by Crippen LogP contribution is -2.27. The number of rotatable bonds is 6. The number of carbonyl (C=O) groups excluding carboxylic acids is 1. The Morgan fingerprint density at radius 3 is 2.57 bits per heavy atom. The Bertz CT molecular complexity index is 191. The number of hydrogen-bond donors (Lipinski definition) is 0. The Morgan fingerprint density at radius 1 is 1.29 bits per heavy atom. The van der Waals surface area contributed by atoms with E-state index in [0.717, 1.165) is 12.8 Å². The number of carbonyl (C=O) groups is 1. The highest BCUT2D eigenvalue weighted by Gasteiger charge is 2.36. The maximum Gasteiger partial charge on any atom is 0.509 e. The van der Waals surface area contributed by atoms with Crippen LogP contribution < -0.4 is 0 Å². The van der Waals surface area contributed by atoms with Crippen LogP contribution in [0.1, 0.15) is 52.4 Å². The van der Waals surface area contributed by atoms with Crippen LogP contribution in [0, 0.1) is 0 Å². The quantitative estimate of drug-likeness (QED) is 0.487. The second-order valence-electron chi connectivity index (χ2n) is 4.25. The summed E-state index contributed by atoms with van der Waals surface area (Å²) >= 11 is 0. The van der Waals surface area contributed by atoms with E-state index in [1.54, 1.807) is 0 Å². The van der Waals surface area contributed by atoms with Crippen molar-refractivity contribution in [2.75, 3.05) is 6.61 Å². The van der Waals surface area contributed by atoms with Gasteiger partial charge in [0.05, 0.1) is 0 Å². The maximum atomic E-state index is 10.7. The SMILES string of the molecule is CCCCCCCC1(C)COC(=O)O1. The molecule has 1 aliphatic heterocycles. The Hall–Kier alpha value is -0.730. The number of ether oxygens (including phenoxy) is 2. The first-order valence-electron chi connectivity index (χ1n) is 5.52. The van der Waals surface area contributed by atoms with Gasteiger partial charge >= 0.3 is 6.16 Å². The van der Waals surface area contributed by atoms with E-state index in [1.165, 1.54) is 25.7 Å². The molecule has 1 fully saturated rings. The van der Waals surface area contributed by atoms with Crippen LogP contribution in [0.4, 0.5) is 4.79 Å². The first kappa shape index (κ1) is 11.3. The van der Waals surface area contributed by atoms with Crippen LogP contribution in [-0.2, 0) is 9.47 Å². The van der Waals surface area contributed by atoms with Gasteiger partial charge in [0, 0.05) is 0 Å². The Kier molecular flexibility index (Phi) is 4.23. The van der Waals surface area contributed by atoms with Gasteiger partial charge in [0.15, 0.2) is 0 Å². The molecule has 14 heavy (non-hydrogen) atoms. The molecule has 3 heteroatoms. The van der Waals surface area contributed by atoms with Crippen LogP contribution in [0.5, 0.6) is 0 Å². The molecular weight excluding hydrogens is 180 g/mol. The fourth-order valence-electron chi connectivity index (χ4n) is 1.70. The molecule has 1 rings (SSSR count). The van der Waals surface area contributed by atoms with Gasteiger partial charge in [-0.15, -0.1) is 0 Å². The van der Waals surface area contributed by atoms with Crippen LogP contribution in [-0.4, -0.2) is 18.4 Å².